The largest absolute Gasteiger partial charge is 0.456 e. The molecule has 0 saturated carbocycles. The highest BCUT2D eigenvalue weighted by molar-refractivity contribution is 9.10. The van der Waals surface area contributed by atoms with Crippen molar-refractivity contribution in [1.29, 1.82) is 0 Å². The van der Waals surface area contributed by atoms with Gasteiger partial charge in [-0.25, -0.2) is 0 Å². The van der Waals surface area contributed by atoms with Gasteiger partial charge in [0.25, 0.3) is 5.69 Å². The maximum atomic E-state index is 10.5. The molecule has 2 aromatic rings. The van der Waals surface area contributed by atoms with Crippen LogP contribution in [-0.4, -0.2) is 4.92 Å². The van der Waals surface area contributed by atoms with E-state index in [0.717, 1.165) is 4.47 Å². The first-order valence-corrected chi connectivity index (χ1v) is 5.63. The van der Waals surface area contributed by atoms with Crippen molar-refractivity contribution in [1.82, 2.24) is 0 Å². The quantitative estimate of drug-likeness (QED) is 0.631. The average molecular weight is 294 g/mol. The van der Waals surface area contributed by atoms with Crippen molar-refractivity contribution < 1.29 is 9.66 Å². The van der Waals surface area contributed by atoms with Crippen molar-refractivity contribution in [2.75, 3.05) is 0 Å². The van der Waals surface area contributed by atoms with Gasteiger partial charge in [0.1, 0.15) is 11.5 Å². The van der Waals surface area contributed by atoms with Crippen molar-refractivity contribution in [3.8, 4) is 11.5 Å². The average Bonchev–Trinajstić information content (AvgIpc) is 2.33. The monoisotopic (exact) mass is 293 g/mol. The van der Waals surface area contributed by atoms with Crippen molar-refractivity contribution >= 4 is 21.6 Å². The Balaban J connectivity index is 2.20. The topological polar surface area (TPSA) is 52.4 Å². The predicted molar refractivity (Wildman–Crippen MR) is 67.3 cm³/mol. The van der Waals surface area contributed by atoms with Gasteiger partial charge >= 0.3 is 0 Å². The third kappa shape index (κ3) is 2.82. The summed E-state index contributed by atoms with van der Waals surface area (Å²) in [5.41, 5.74) is 0.0458. The Kier molecular flexibility index (Phi) is 3.39. The number of nitro benzene ring substituents is 1. The lowest BCUT2D eigenvalue weighted by Crippen LogP contribution is -1.88. The van der Waals surface area contributed by atoms with E-state index in [4.69, 9.17) is 4.74 Å². The molecule has 0 atom stereocenters. The lowest BCUT2D eigenvalue weighted by molar-refractivity contribution is -0.384. The Bertz CT molecular complexity index is 540. The predicted octanol–water partition coefficient (Wildman–Crippen LogP) is 4.15. The lowest BCUT2D eigenvalue weighted by atomic mass is 10.3. The normalized spacial score (nSPS) is 9.94. The first kappa shape index (κ1) is 11.6. The first-order valence-electron chi connectivity index (χ1n) is 4.83. The van der Waals surface area contributed by atoms with E-state index in [-0.39, 0.29) is 5.69 Å². The molecule has 86 valence electrons. The molecule has 0 N–H and O–H groups in total. The molecule has 17 heavy (non-hydrogen) atoms. The number of hydrogen-bond acceptors (Lipinski definition) is 3. The maximum absolute atomic E-state index is 10.5. The van der Waals surface area contributed by atoms with Crippen LogP contribution in [0, 0.1) is 10.1 Å². The molecule has 2 aromatic carbocycles. The van der Waals surface area contributed by atoms with E-state index >= 15 is 0 Å². The molecule has 0 radical (unpaired) electrons. The summed E-state index contributed by atoms with van der Waals surface area (Å²) < 4.78 is 6.41. The SMILES string of the molecule is O=[N+]([O-])c1ccc(Oc2ccccc2Br)cc1. The van der Waals surface area contributed by atoms with Gasteiger partial charge in [-0.2, -0.15) is 0 Å². The molecule has 0 saturated heterocycles. The Morgan fingerprint density at radius 2 is 1.71 bits per heavy atom. The Hall–Kier alpha value is -1.88. The zero-order valence-electron chi connectivity index (χ0n) is 8.67. The van der Waals surface area contributed by atoms with Crippen LogP contribution in [0.5, 0.6) is 11.5 Å². The number of halogens is 1. The van der Waals surface area contributed by atoms with Gasteiger partial charge in [0.05, 0.1) is 9.40 Å². The fourth-order valence-corrected chi connectivity index (χ4v) is 1.66. The second-order valence-electron chi connectivity index (χ2n) is 3.28. The lowest BCUT2D eigenvalue weighted by Gasteiger charge is -2.06. The van der Waals surface area contributed by atoms with E-state index < -0.39 is 4.92 Å². The third-order valence-corrected chi connectivity index (χ3v) is 2.77. The standard InChI is InChI=1S/C12H8BrNO3/c13-11-3-1-2-4-12(11)17-10-7-5-9(6-8-10)14(15)16/h1-8H. The molecule has 0 bridgehead atoms. The van der Waals surface area contributed by atoms with Gasteiger partial charge in [-0.1, -0.05) is 12.1 Å². The van der Waals surface area contributed by atoms with Crippen LogP contribution in [0.3, 0.4) is 0 Å². The zero-order chi connectivity index (χ0) is 12.3. The minimum Gasteiger partial charge on any atom is -0.456 e. The summed E-state index contributed by atoms with van der Waals surface area (Å²) in [7, 11) is 0. The number of nitrogens with zero attached hydrogens (tertiary/aromatic N) is 1. The van der Waals surface area contributed by atoms with Crippen LogP contribution < -0.4 is 4.74 Å². The smallest absolute Gasteiger partial charge is 0.269 e. The van der Waals surface area contributed by atoms with E-state index in [9.17, 15) is 10.1 Å². The van der Waals surface area contributed by atoms with E-state index in [2.05, 4.69) is 15.9 Å². The molecule has 0 fully saturated rings. The highest BCUT2D eigenvalue weighted by atomic mass is 79.9. The molecular weight excluding hydrogens is 286 g/mol. The second-order valence-corrected chi connectivity index (χ2v) is 4.14. The zero-order valence-corrected chi connectivity index (χ0v) is 10.3. The van der Waals surface area contributed by atoms with Gasteiger partial charge < -0.3 is 4.74 Å². The van der Waals surface area contributed by atoms with Crippen LogP contribution in [0.15, 0.2) is 53.0 Å². The van der Waals surface area contributed by atoms with Crippen LogP contribution >= 0.6 is 15.9 Å². The number of nitro groups is 1. The summed E-state index contributed by atoms with van der Waals surface area (Å²) in [6.45, 7) is 0. The van der Waals surface area contributed by atoms with Crippen LogP contribution in [0.1, 0.15) is 0 Å². The molecule has 0 spiro atoms. The van der Waals surface area contributed by atoms with Crippen molar-refractivity contribution in [2.45, 2.75) is 0 Å². The van der Waals surface area contributed by atoms with Crippen molar-refractivity contribution in [3.63, 3.8) is 0 Å². The van der Waals surface area contributed by atoms with Crippen LogP contribution in [0.4, 0.5) is 5.69 Å². The highest BCUT2D eigenvalue weighted by Gasteiger charge is 2.06. The van der Waals surface area contributed by atoms with Gasteiger partial charge in [-0.05, 0) is 40.2 Å². The Morgan fingerprint density at radius 1 is 1.06 bits per heavy atom. The van der Waals surface area contributed by atoms with Gasteiger partial charge in [-0.3, -0.25) is 10.1 Å². The van der Waals surface area contributed by atoms with Crippen molar-refractivity contribution in [2.24, 2.45) is 0 Å². The number of non-ortho nitro benzene ring substituents is 1. The molecule has 0 unspecified atom stereocenters. The van der Waals surface area contributed by atoms with Gasteiger partial charge in [-0.15, -0.1) is 0 Å². The van der Waals surface area contributed by atoms with E-state index in [1.165, 1.54) is 12.1 Å². The van der Waals surface area contributed by atoms with Crippen LogP contribution in [0.2, 0.25) is 0 Å². The fourth-order valence-electron chi connectivity index (χ4n) is 1.29. The summed E-state index contributed by atoms with van der Waals surface area (Å²) in [5.74, 6) is 1.23. The molecular formula is C12H8BrNO3. The molecule has 0 heterocycles. The number of rotatable bonds is 3. The number of para-hydroxylation sites is 1. The van der Waals surface area contributed by atoms with Crippen LogP contribution in [-0.2, 0) is 0 Å². The van der Waals surface area contributed by atoms with Gasteiger partial charge in [0.2, 0.25) is 0 Å². The number of hydrogen-bond donors (Lipinski definition) is 0. The molecule has 0 amide bonds. The summed E-state index contributed by atoms with van der Waals surface area (Å²) in [6, 6.07) is 13.4. The minimum atomic E-state index is -0.442. The van der Waals surface area contributed by atoms with E-state index in [1.54, 1.807) is 12.1 Å². The Labute approximate surface area is 106 Å². The van der Waals surface area contributed by atoms with E-state index in [1.807, 2.05) is 24.3 Å². The van der Waals surface area contributed by atoms with E-state index in [0.29, 0.717) is 11.5 Å². The fraction of sp³-hybridized carbons (Fsp3) is 0. The van der Waals surface area contributed by atoms with Gasteiger partial charge in [0.15, 0.2) is 0 Å². The summed E-state index contributed by atoms with van der Waals surface area (Å²) in [5, 5.41) is 10.5. The number of ether oxygens (including phenoxy) is 1. The summed E-state index contributed by atoms with van der Waals surface area (Å²) >= 11 is 3.36. The highest BCUT2D eigenvalue weighted by Crippen LogP contribution is 2.29. The third-order valence-electron chi connectivity index (χ3n) is 2.11. The molecule has 0 aromatic heterocycles. The van der Waals surface area contributed by atoms with Crippen LogP contribution in [0.25, 0.3) is 0 Å². The molecule has 2 rings (SSSR count). The number of benzene rings is 2. The van der Waals surface area contributed by atoms with Crippen molar-refractivity contribution in [3.05, 3.63) is 63.1 Å². The molecule has 0 aliphatic heterocycles. The Morgan fingerprint density at radius 3 is 2.29 bits per heavy atom. The summed E-state index contributed by atoms with van der Waals surface area (Å²) in [6.07, 6.45) is 0. The molecule has 5 heteroatoms. The second kappa shape index (κ2) is 4.97. The molecule has 0 aliphatic carbocycles. The molecule has 4 nitrogen and oxygen atoms in total. The summed E-state index contributed by atoms with van der Waals surface area (Å²) in [4.78, 5) is 10.0. The first-order chi connectivity index (χ1) is 8.16. The maximum Gasteiger partial charge on any atom is 0.269 e. The minimum absolute atomic E-state index is 0.0458. The molecule has 0 aliphatic rings. The van der Waals surface area contributed by atoms with Gasteiger partial charge in [0, 0.05) is 12.1 Å².